The van der Waals surface area contributed by atoms with Crippen LogP contribution in [0.15, 0.2) is 25.3 Å². The summed E-state index contributed by atoms with van der Waals surface area (Å²) in [5.74, 6) is 2.71. The van der Waals surface area contributed by atoms with Crippen LogP contribution in [0.3, 0.4) is 0 Å². The maximum Gasteiger partial charge on any atom is 0.0501 e. The first kappa shape index (κ1) is 30.4. The largest absolute Gasteiger partial charge is 0.381 e. The molecule has 0 aromatic rings. The number of hydrogen-bond acceptors (Lipinski definition) is 4. The quantitative estimate of drug-likeness (QED) is 0.112. The molecule has 0 bridgehead atoms. The highest BCUT2D eigenvalue weighted by Gasteiger charge is 2.50. The average Bonchev–Trinajstić information content (AvgIpc) is 2.80. The van der Waals surface area contributed by atoms with Crippen LogP contribution in [0.4, 0.5) is 0 Å². The van der Waals surface area contributed by atoms with Crippen LogP contribution >= 0.6 is 0 Å². The van der Waals surface area contributed by atoms with Crippen molar-refractivity contribution in [2.75, 3.05) is 52.9 Å². The van der Waals surface area contributed by atoms with Crippen molar-refractivity contribution >= 4 is 0 Å². The van der Waals surface area contributed by atoms with Crippen molar-refractivity contribution in [2.45, 2.75) is 78.6 Å². The minimum Gasteiger partial charge on any atom is -0.381 e. The van der Waals surface area contributed by atoms with Crippen LogP contribution in [0, 0.1) is 29.6 Å². The van der Waals surface area contributed by atoms with Gasteiger partial charge >= 0.3 is 0 Å². The van der Waals surface area contributed by atoms with Crippen molar-refractivity contribution < 1.29 is 18.9 Å². The molecule has 194 valence electrons. The third-order valence-electron chi connectivity index (χ3n) is 6.80. The molecule has 4 heteroatoms. The number of ether oxygens (including phenoxy) is 4. The third kappa shape index (κ3) is 13.7. The summed E-state index contributed by atoms with van der Waals surface area (Å²) in [7, 11) is 0. The van der Waals surface area contributed by atoms with Crippen LogP contribution in [0.25, 0.3) is 0 Å². The van der Waals surface area contributed by atoms with Gasteiger partial charge in [0.15, 0.2) is 0 Å². The van der Waals surface area contributed by atoms with E-state index in [9.17, 15) is 0 Å². The smallest absolute Gasteiger partial charge is 0.0501 e. The summed E-state index contributed by atoms with van der Waals surface area (Å²) in [4.78, 5) is 0. The molecule has 4 nitrogen and oxygen atoms in total. The summed E-state index contributed by atoms with van der Waals surface area (Å²) in [5.41, 5.74) is 0. The van der Waals surface area contributed by atoms with Crippen molar-refractivity contribution in [1.29, 1.82) is 0 Å². The zero-order chi connectivity index (χ0) is 24.2. The maximum atomic E-state index is 6.17. The molecule has 1 fully saturated rings. The Morgan fingerprint density at radius 2 is 1.00 bits per heavy atom. The van der Waals surface area contributed by atoms with Crippen LogP contribution in [-0.4, -0.2) is 52.9 Å². The summed E-state index contributed by atoms with van der Waals surface area (Å²) in [6, 6.07) is 0. The van der Waals surface area contributed by atoms with Crippen LogP contribution in [-0.2, 0) is 18.9 Å². The Morgan fingerprint density at radius 1 is 0.606 bits per heavy atom. The van der Waals surface area contributed by atoms with Gasteiger partial charge in [0.25, 0.3) is 0 Å². The molecule has 0 spiro atoms. The van der Waals surface area contributed by atoms with Gasteiger partial charge < -0.3 is 18.9 Å². The van der Waals surface area contributed by atoms with E-state index in [2.05, 4.69) is 33.9 Å². The molecule has 0 heterocycles. The van der Waals surface area contributed by atoms with Crippen LogP contribution in [0.5, 0.6) is 0 Å². The molecule has 1 saturated carbocycles. The Labute approximate surface area is 205 Å². The van der Waals surface area contributed by atoms with Gasteiger partial charge in [-0.1, -0.05) is 45.8 Å². The van der Waals surface area contributed by atoms with E-state index in [1.54, 1.807) is 0 Å². The Balaban J connectivity index is 2.62. The highest BCUT2D eigenvalue weighted by molar-refractivity contribution is 4.97. The van der Waals surface area contributed by atoms with Gasteiger partial charge in [-0.3, -0.25) is 0 Å². The van der Waals surface area contributed by atoms with E-state index in [-0.39, 0.29) is 0 Å². The average molecular weight is 467 g/mol. The van der Waals surface area contributed by atoms with Gasteiger partial charge in [-0.15, -0.1) is 13.2 Å². The molecule has 0 aliphatic heterocycles. The van der Waals surface area contributed by atoms with Gasteiger partial charge in [-0.2, -0.15) is 0 Å². The Morgan fingerprint density at radius 3 is 1.36 bits per heavy atom. The Bertz CT molecular complexity index is 465. The third-order valence-corrected chi connectivity index (χ3v) is 6.80. The predicted molar refractivity (Wildman–Crippen MR) is 140 cm³/mol. The summed E-state index contributed by atoms with van der Waals surface area (Å²) >= 11 is 0. The van der Waals surface area contributed by atoms with Gasteiger partial charge in [0.2, 0.25) is 0 Å². The molecule has 4 unspecified atom stereocenters. The van der Waals surface area contributed by atoms with Crippen LogP contribution < -0.4 is 0 Å². The van der Waals surface area contributed by atoms with E-state index in [0.29, 0.717) is 23.7 Å². The first-order valence-electron chi connectivity index (χ1n) is 13.7. The zero-order valence-corrected chi connectivity index (χ0v) is 22.1. The molecule has 1 aliphatic rings. The number of rotatable bonds is 24. The first-order chi connectivity index (χ1) is 16.2. The van der Waals surface area contributed by atoms with Crippen LogP contribution in [0.2, 0.25) is 0 Å². The second-order valence-corrected chi connectivity index (χ2v) is 10.1. The topological polar surface area (TPSA) is 36.9 Å². The normalized spacial score (nSPS) is 22.4. The summed E-state index contributed by atoms with van der Waals surface area (Å²) in [6.45, 7) is 20.9. The van der Waals surface area contributed by atoms with E-state index < -0.39 is 0 Å². The van der Waals surface area contributed by atoms with Gasteiger partial charge in [0.1, 0.15) is 0 Å². The van der Waals surface area contributed by atoms with E-state index in [4.69, 9.17) is 18.9 Å². The SMILES string of the molecule is C=CCCCOCC1C(COCCCC=C)C(COCCCC(C)C)C1COCCCCC. The fraction of sp³-hybridized carbons (Fsp3) is 0.862. The van der Waals surface area contributed by atoms with Gasteiger partial charge in [-0.25, -0.2) is 0 Å². The fourth-order valence-corrected chi connectivity index (χ4v) is 4.70. The minimum absolute atomic E-state index is 0.488. The molecule has 4 atom stereocenters. The Hall–Kier alpha value is -0.680. The van der Waals surface area contributed by atoms with E-state index >= 15 is 0 Å². The van der Waals surface area contributed by atoms with E-state index in [1.807, 2.05) is 12.2 Å². The molecule has 1 aliphatic carbocycles. The van der Waals surface area contributed by atoms with Gasteiger partial charge in [0, 0.05) is 26.4 Å². The molecule has 0 aromatic carbocycles. The second-order valence-electron chi connectivity index (χ2n) is 10.1. The highest BCUT2D eigenvalue weighted by Crippen LogP contribution is 2.47. The van der Waals surface area contributed by atoms with E-state index in [0.717, 1.165) is 97.3 Å². The molecule has 33 heavy (non-hydrogen) atoms. The summed E-state index contributed by atoms with van der Waals surface area (Å²) in [6.07, 6.45) is 14.0. The lowest BCUT2D eigenvalue weighted by Crippen LogP contribution is -2.54. The second kappa shape index (κ2) is 20.7. The zero-order valence-electron chi connectivity index (χ0n) is 22.1. The maximum absolute atomic E-state index is 6.17. The first-order valence-corrected chi connectivity index (χ1v) is 13.7. The standard InChI is InChI=1S/C29H54O4/c1-6-9-12-17-30-21-26-27(22-31-18-13-10-7-2)29(24-33-20-15-16-25(4)5)28(26)23-32-19-14-11-8-3/h6-7,25-29H,1-2,8-24H2,3-5H3. The summed E-state index contributed by atoms with van der Waals surface area (Å²) < 4.78 is 24.5. The molecule has 1 rings (SSSR count). The molecular formula is C29H54O4. The van der Waals surface area contributed by atoms with Crippen molar-refractivity contribution in [1.82, 2.24) is 0 Å². The molecule has 0 aromatic heterocycles. The predicted octanol–water partition coefficient (Wildman–Crippen LogP) is 7.09. The van der Waals surface area contributed by atoms with Crippen molar-refractivity contribution in [3.63, 3.8) is 0 Å². The lowest BCUT2D eigenvalue weighted by atomic mass is 9.57. The lowest BCUT2D eigenvalue weighted by molar-refractivity contribution is -0.152. The van der Waals surface area contributed by atoms with Crippen LogP contribution in [0.1, 0.15) is 78.6 Å². The lowest BCUT2D eigenvalue weighted by Gasteiger charge is -2.52. The fourth-order valence-electron chi connectivity index (χ4n) is 4.70. The van der Waals surface area contributed by atoms with Gasteiger partial charge in [-0.05, 0) is 74.5 Å². The molecule has 0 saturated heterocycles. The molecular weight excluding hydrogens is 412 g/mol. The Kier molecular flexibility index (Phi) is 19.0. The molecule has 0 amide bonds. The minimum atomic E-state index is 0.488. The van der Waals surface area contributed by atoms with Crippen molar-refractivity contribution in [3.8, 4) is 0 Å². The molecule has 0 radical (unpaired) electrons. The van der Waals surface area contributed by atoms with Gasteiger partial charge in [0.05, 0.1) is 26.4 Å². The highest BCUT2D eigenvalue weighted by atomic mass is 16.5. The van der Waals surface area contributed by atoms with Crippen molar-refractivity contribution in [2.24, 2.45) is 29.6 Å². The number of allylic oxidation sites excluding steroid dienone is 2. The number of hydrogen-bond donors (Lipinski definition) is 0. The monoisotopic (exact) mass is 466 g/mol. The van der Waals surface area contributed by atoms with Crippen molar-refractivity contribution in [3.05, 3.63) is 25.3 Å². The van der Waals surface area contributed by atoms with E-state index in [1.165, 1.54) is 19.3 Å². The molecule has 0 N–H and O–H groups in total. The number of unbranched alkanes of at least 4 members (excludes halogenated alkanes) is 4. The summed E-state index contributed by atoms with van der Waals surface area (Å²) in [5, 5.41) is 0.